The summed E-state index contributed by atoms with van der Waals surface area (Å²) in [6.07, 6.45) is 1.94. The lowest BCUT2D eigenvalue weighted by Crippen LogP contribution is -2.11. The number of hydrogen-bond acceptors (Lipinski definition) is 6. The number of hydrogen-bond donors (Lipinski definition) is 1. The van der Waals surface area contributed by atoms with Crippen molar-refractivity contribution in [2.75, 3.05) is 5.32 Å². The molecule has 4 aromatic rings. The summed E-state index contributed by atoms with van der Waals surface area (Å²) >= 11 is 0. The van der Waals surface area contributed by atoms with E-state index in [1.807, 2.05) is 43.5 Å². The van der Waals surface area contributed by atoms with Crippen LogP contribution in [0, 0.1) is 13.8 Å². The molecule has 34 heavy (non-hydrogen) atoms. The van der Waals surface area contributed by atoms with Gasteiger partial charge in [-0.25, -0.2) is 9.97 Å². The Morgan fingerprint density at radius 3 is 2.65 bits per heavy atom. The molecule has 0 aliphatic carbocycles. The number of carbonyl (C=O) groups is 1. The van der Waals surface area contributed by atoms with Crippen molar-refractivity contribution in [1.29, 1.82) is 0 Å². The van der Waals surface area contributed by atoms with Gasteiger partial charge >= 0.3 is 10.1 Å². The van der Waals surface area contributed by atoms with Crippen LogP contribution in [0.25, 0.3) is 16.7 Å². The minimum absolute atomic E-state index is 0.0317. The number of para-hydroxylation sites is 1. The summed E-state index contributed by atoms with van der Waals surface area (Å²) in [7, 11) is -4.06. The number of nitrogens with one attached hydrogen (secondary N) is 1. The van der Waals surface area contributed by atoms with Crippen molar-refractivity contribution >= 4 is 32.9 Å². The fourth-order valence-electron chi connectivity index (χ4n) is 4.28. The molecule has 9 heteroatoms. The summed E-state index contributed by atoms with van der Waals surface area (Å²) in [6, 6.07) is 12.2. The van der Waals surface area contributed by atoms with Crippen LogP contribution in [-0.4, -0.2) is 28.9 Å². The molecule has 1 amide bonds. The number of aryl methyl sites for hydroxylation is 2. The second kappa shape index (κ2) is 7.95. The zero-order chi connectivity index (χ0) is 24.2. The Bertz CT molecular complexity index is 1570. The van der Waals surface area contributed by atoms with Gasteiger partial charge in [-0.1, -0.05) is 37.6 Å². The van der Waals surface area contributed by atoms with E-state index in [1.165, 1.54) is 0 Å². The van der Waals surface area contributed by atoms with Gasteiger partial charge in [0.2, 0.25) is 5.91 Å². The molecular weight excluding hydrogens is 452 g/mol. The van der Waals surface area contributed by atoms with Crippen LogP contribution < -0.4 is 9.50 Å². The lowest BCUT2D eigenvalue weighted by Gasteiger charge is -2.12. The monoisotopic (exact) mass is 476 g/mol. The Balaban J connectivity index is 1.64. The average Bonchev–Trinajstić information content (AvgIpc) is 3.33. The minimum atomic E-state index is -4.06. The highest BCUT2D eigenvalue weighted by Crippen LogP contribution is 2.34. The molecule has 1 N–H and O–H groups in total. The third-order valence-electron chi connectivity index (χ3n) is 5.81. The van der Waals surface area contributed by atoms with Crippen molar-refractivity contribution < 1.29 is 17.4 Å². The number of amides is 1. The van der Waals surface area contributed by atoms with Crippen LogP contribution in [0.2, 0.25) is 0 Å². The van der Waals surface area contributed by atoms with Crippen LogP contribution in [0.3, 0.4) is 0 Å². The Hall–Kier alpha value is -3.72. The van der Waals surface area contributed by atoms with E-state index in [-0.39, 0.29) is 28.9 Å². The molecule has 0 unspecified atom stereocenters. The number of benzene rings is 2. The summed E-state index contributed by atoms with van der Waals surface area (Å²) in [5, 5.41) is 2.74. The number of imidazole rings is 1. The molecular formula is C25H24N4O4S. The van der Waals surface area contributed by atoms with E-state index in [2.05, 4.69) is 10.3 Å². The molecule has 5 rings (SSSR count). The van der Waals surface area contributed by atoms with Gasteiger partial charge in [0, 0.05) is 11.5 Å². The Morgan fingerprint density at radius 2 is 1.91 bits per heavy atom. The number of fused-ring (bicyclic) bond motifs is 2. The summed E-state index contributed by atoms with van der Waals surface area (Å²) in [4.78, 5) is 21.1. The van der Waals surface area contributed by atoms with Crippen LogP contribution >= 0.6 is 0 Å². The van der Waals surface area contributed by atoms with Gasteiger partial charge in [-0.05, 0) is 43.7 Å². The zero-order valence-corrected chi connectivity index (χ0v) is 20.1. The maximum Gasteiger partial charge on any atom is 0.339 e. The Kier molecular flexibility index (Phi) is 5.16. The summed E-state index contributed by atoms with van der Waals surface area (Å²) in [5.74, 6) is 1.39. The van der Waals surface area contributed by atoms with E-state index in [4.69, 9.17) is 9.17 Å². The highest BCUT2D eigenvalue weighted by Gasteiger charge is 2.25. The van der Waals surface area contributed by atoms with E-state index in [1.54, 1.807) is 37.4 Å². The molecule has 0 fully saturated rings. The molecule has 1 aliphatic rings. The second-order valence-corrected chi connectivity index (χ2v) is 10.3. The molecule has 0 atom stereocenters. The van der Waals surface area contributed by atoms with Crippen LogP contribution in [0.1, 0.15) is 42.3 Å². The molecule has 0 spiro atoms. The normalized spacial score (nSPS) is 13.4. The topological polar surface area (TPSA) is 103 Å². The van der Waals surface area contributed by atoms with Gasteiger partial charge in [0.15, 0.2) is 5.75 Å². The van der Waals surface area contributed by atoms with E-state index in [9.17, 15) is 13.2 Å². The fraction of sp³-hybridized carbons (Fsp3) is 0.240. The molecule has 2 aromatic carbocycles. The first-order valence-corrected chi connectivity index (χ1v) is 12.4. The average molecular weight is 477 g/mol. The van der Waals surface area contributed by atoms with E-state index in [0.717, 1.165) is 22.6 Å². The molecule has 0 radical (unpaired) electrons. The molecule has 2 aromatic heterocycles. The second-order valence-electron chi connectivity index (χ2n) is 8.82. The molecule has 0 bridgehead atoms. The number of rotatable bonds is 5. The van der Waals surface area contributed by atoms with Gasteiger partial charge in [-0.3, -0.25) is 9.36 Å². The number of aromatic nitrogens is 3. The van der Waals surface area contributed by atoms with Gasteiger partial charge < -0.3 is 9.50 Å². The van der Waals surface area contributed by atoms with Gasteiger partial charge in [-0.2, -0.15) is 8.42 Å². The third-order valence-corrected chi connectivity index (χ3v) is 7.20. The SMILES string of the molecule is Cc1ccc(S(=O)(=O)Oc2cccc3c2nc(C(C)C)n3-c2cnc3c(c2)CC(=O)N3)c(C)c1. The van der Waals surface area contributed by atoms with Gasteiger partial charge in [0.1, 0.15) is 22.1 Å². The zero-order valence-electron chi connectivity index (χ0n) is 19.3. The molecule has 0 saturated heterocycles. The van der Waals surface area contributed by atoms with Crippen LogP contribution in [-0.2, 0) is 21.3 Å². The van der Waals surface area contributed by atoms with Crippen molar-refractivity contribution in [3.8, 4) is 11.4 Å². The standard InChI is InChI=1S/C25H24N4O4S/c1-14(2)25-28-23-19(29(25)18-11-17-12-22(30)27-24(17)26-13-18)6-5-7-20(23)33-34(31,32)21-9-8-15(3)10-16(21)4/h5-11,13-14H,12H2,1-4H3,(H,26,27,30). The quantitative estimate of drug-likeness (QED) is 0.428. The number of anilines is 1. The van der Waals surface area contributed by atoms with Gasteiger partial charge in [0.25, 0.3) is 0 Å². The highest BCUT2D eigenvalue weighted by atomic mass is 32.2. The Labute approximate surface area is 197 Å². The lowest BCUT2D eigenvalue weighted by atomic mass is 10.2. The summed E-state index contributed by atoms with van der Waals surface area (Å²) in [5.41, 5.74) is 4.27. The van der Waals surface area contributed by atoms with Crippen LogP contribution in [0.5, 0.6) is 5.75 Å². The third kappa shape index (κ3) is 3.71. The van der Waals surface area contributed by atoms with Crippen molar-refractivity contribution in [2.45, 2.75) is 44.9 Å². The van der Waals surface area contributed by atoms with E-state index in [0.29, 0.717) is 22.4 Å². The van der Waals surface area contributed by atoms with Crippen LogP contribution in [0.4, 0.5) is 5.82 Å². The van der Waals surface area contributed by atoms with Crippen molar-refractivity contribution in [3.05, 3.63) is 71.2 Å². The molecule has 8 nitrogen and oxygen atoms in total. The summed E-state index contributed by atoms with van der Waals surface area (Å²) in [6.45, 7) is 7.67. The van der Waals surface area contributed by atoms with Crippen molar-refractivity contribution in [3.63, 3.8) is 0 Å². The first-order chi connectivity index (χ1) is 16.1. The van der Waals surface area contributed by atoms with E-state index >= 15 is 0 Å². The predicted octanol–water partition coefficient (Wildman–Crippen LogP) is 4.42. The smallest absolute Gasteiger partial charge is 0.339 e. The first kappa shape index (κ1) is 22.1. The molecule has 3 heterocycles. The number of pyridine rings is 1. The number of nitrogens with zero attached hydrogens (tertiary/aromatic N) is 3. The van der Waals surface area contributed by atoms with Crippen LogP contribution in [0.15, 0.2) is 53.6 Å². The lowest BCUT2D eigenvalue weighted by molar-refractivity contribution is -0.115. The van der Waals surface area contributed by atoms with Gasteiger partial charge in [-0.15, -0.1) is 0 Å². The first-order valence-electron chi connectivity index (χ1n) is 11.0. The van der Waals surface area contributed by atoms with Crippen molar-refractivity contribution in [1.82, 2.24) is 14.5 Å². The highest BCUT2D eigenvalue weighted by molar-refractivity contribution is 7.87. The van der Waals surface area contributed by atoms with Crippen molar-refractivity contribution in [2.24, 2.45) is 0 Å². The number of carbonyl (C=O) groups excluding carboxylic acids is 1. The maximum atomic E-state index is 13.1. The largest absolute Gasteiger partial charge is 0.377 e. The minimum Gasteiger partial charge on any atom is -0.377 e. The molecule has 174 valence electrons. The molecule has 0 saturated carbocycles. The maximum absolute atomic E-state index is 13.1. The van der Waals surface area contributed by atoms with Gasteiger partial charge in [0.05, 0.1) is 23.8 Å². The molecule has 1 aliphatic heterocycles. The fourth-order valence-corrected chi connectivity index (χ4v) is 5.43. The Morgan fingerprint density at radius 1 is 1.12 bits per heavy atom. The summed E-state index contributed by atoms with van der Waals surface area (Å²) < 4.78 is 33.8. The van der Waals surface area contributed by atoms with E-state index < -0.39 is 10.1 Å². The predicted molar refractivity (Wildman–Crippen MR) is 129 cm³/mol.